The van der Waals surface area contributed by atoms with Crippen LogP contribution < -0.4 is 9.47 Å². The molecule has 2 atom stereocenters. The van der Waals surface area contributed by atoms with Crippen molar-refractivity contribution >= 4 is 0 Å². The number of aliphatic hydroxyl groups is 2. The number of likely N-dealkylation sites (tertiary alicyclic amines) is 1. The van der Waals surface area contributed by atoms with E-state index in [4.69, 9.17) is 9.47 Å². The van der Waals surface area contributed by atoms with Gasteiger partial charge in [-0.25, -0.2) is 4.39 Å². The number of halogens is 1. The van der Waals surface area contributed by atoms with Gasteiger partial charge in [0.05, 0.1) is 19.8 Å². The first-order valence-electron chi connectivity index (χ1n) is 10.5. The maximum Gasteiger partial charge on any atom is 0.161 e. The van der Waals surface area contributed by atoms with E-state index in [9.17, 15) is 14.6 Å². The molecule has 2 aromatic carbocycles. The van der Waals surface area contributed by atoms with Crippen LogP contribution in [0, 0.1) is 11.2 Å². The van der Waals surface area contributed by atoms with Crippen LogP contribution >= 0.6 is 0 Å². The lowest BCUT2D eigenvalue weighted by molar-refractivity contribution is -0.0819. The summed E-state index contributed by atoms with van der Waals surface area (Å²) in [5.41, 5.74) is 1.35. The number of piperidine rings is 1. The molecular formula is C24H32FNO4. The molecule has 0 bridgehead atoms. The van der Waals surface area contributed by atoms with E-state index in [2.05, 4.69) is 11.8 Å². The zero-order chi connectivity index (χ0) is 21.6. The van der Waals surface area contributed by atoms with Crippen LogP contribution in [0.2, 0.25) is 0 Å². The van der Waals surface area contributed by atoms with Crippen LogP contribution in [0.25, 0.3) is 0 Å². The molecule has 1 aliphatic heterocycles. The summed E-state index contributed by atoms with van der Waals surface area (Å²) in [6.45, 7) is 4.44. The third-order valence-electron chi connectivity index (χ3n) is 5.94. The van der Waals surface area contributed by atoms with Gasteiger partial charge < -0.3 is 19.7 Å². The minimum Gasteiger partial charge on any atom is -0.493 e. The van der Waals surface area contributed by atoms with Gasteiger partial charge in [-0.2, -0.15) is 0 Å². The van der Waals surface area contributed by atoms with Gasteiger partial charge in [-0.05, 0) is 48.2 Å². The highest BCUT2D eigenvalue weighted by Gasteiger charge is 2.41. The number of ether oxygens (including phenoxy) is 2. The summed E-state index contributed by atoms with van der Waals surface area (Å²) < 4.78 is 24.8. The largest absolute Gasteiger partial charge is 0.493 e. The van der Waals surface area contributed by atoms with Gasteiger partial charge in [0.15, 0.2) is 11.5 Å². The molecule has 2 aromatic rings. The van der Waals surface area contributed by atoms with Gasteiger partial charge in [-0.3, -0.25) is 4.90 Å². The Labute approximate surface area is 178 Å². The molecule has 0 spiro atoms. The van der Waals surface area contributed by atoms with E-state index in [-0.39, 0.29) is 19.0 Å². The van der Waals surface area contributed by atoms with E-state index in [1.807, 2.05) is 24.3 Å². The lowest BCUT2D eigenvalue weighted by atomic mass is 9.74. The highest BCUT2D eigenvalue weighted by molar-refractivity contribution is 5.43. The molecule has 1 heterocycles. The van der Waals surface area contributed by atoms with Crippen molar-refractivity contribution in [1.29, 1.82) is 0 Å². The zero-order valence-electron chi connectivity index (χ0n) is 17.8. The lowest BCUT2D eigenvalue weighted by Crippen LogP contribution is -2.53. The van der Waals surface area contributed by atoms with Crippen molar-refractivity contribution in [3.05, 3.63) is 59.4 Å². The minimum atomic E-state index is -0.472. The highest BCUT2D eigenvalue weighted by atomic mass is 19.1. The maximum absolute atomic E-state index is 13.4. The van der Waals surface area contributed by atoms with Crippen LogP contribution in [0.3, 0.4) is 0 Å². The second kappa shape index (κ2) is 10.2. The molecule has 0 unspecified atom stereocenters. The Morgan fingerprint density at radius 3 is 2.70 bits per heavy atom. The van der Waals surface area contributed by atoms with Crippen molar-refractivity contribution < 1.29 is 24.1 Å². The third kappa shape index (κ3) is 5.31. The SMILES string of the molecule is CCC[C@@]1(CO)CN(Cc2ccc(OC)c(OCc3cccc(F)c3)c2)CC[C@H]1O. The van der Waals surface area contributed by atoms with Crippen LogP contribution in [0.4, 0.5) is 4.39 Å². The molecule has 0 aromatic heterocycles. The van der Waals surface area contributed by atoms with Crippen LogP contribution in [0.15, 0.2) is 42.5 Å². The number of nitrogens with zero attached hydrogens (tertiary/aromatic N) is 1. The summed E-state index contributed by atoms with van der Waals surface area (Å²) in [4.78, 5) is 2.27. The molecule has 0 aliphatic carbocycles. The first kappa shape index (κ1) is 22.5. The number of hydrogen-bond donors (Lipinski definition) is 2. The molecule has 30 heavy (non-hydrogen) atoms. The fraction of sp³-hybridized carbons (Fsp3) is 0.500. The van der Waals surface area contributed by atoms with E-state index >= 15 is 0 Å². The van der Waals surface area contributed by atoms with Crippen molar-refractivity contribution in [2.75, 3.05) is 26.8 Å². The molecule has 1 fully saturated rings. The highest BCUT2D eigenvalue weighted by Crippen LogP contribution is 2.36. The summed E-state index contributed by atoms with van der Waals surface area (Å²) in [5, 5.41) is 20.5. The summed E-state index contributed by atoms with van der Waals surface area (Å²) >= 11 is 0. The average molecular weight is 418 g/mol. The molecule has 2 N–H and O–H groups in total. The van der Waals surface area contributed by atoms with Crippen molar-refractivity contribution in [3.8, 4) is 11.5 Å². The summed E-state index contributed by atoms with van der Waals surface area (Å²) in [5.74, 6) is 0.946. The number of rotatable bonds is 9. The summed E-state index contributed by atoms with van der Waals surface area (Å²) in [7, 11) is 1.59. The monoisotopic (exact) mass is 417 g/mol. The van der Waals surface area contributed by atoms with Gasteiger partial charge in [0.1, 0.15) is 12.4 Å². The molecule has 6 heteroatoms. The van der Waals surface area contributed by atoms with E-state index in [1.165, 1.54) is 12.1 Å². The van der Waals surface area contributed by atoms with E-state index in [0.29, 0.717) is 31.0 Å². The smallest absolute Gasteiger partial charge is 0.161 e. The van der Waals surface area contributed by atoms with Gasteiger partial charge in [-0.15, -0.1) is 0 Å². The number of benzene rings is 2. The molecule has 1 aliphatic rings. The van der Waals surface area contributed by atoms with Crippen molar-refractivity contribution in [2.45, 2.75) is 45.4 Å². The van der Waals surface area contributed by atoms with Gasteiger partial charge in [0.25, 0.3) is 0 Å². The van der Waals surface area contributed by atoms with Crippen LogP contribution in [-0.4, -0.2) is 48.0 Å². The molecular weight excluding hydrogens is 385 g/mol. The Balaban J connectivity index is 1.71. The fourth-order valence-electron chi connectivity index (χ4n) is 4.33. The summed E-state index contributed by atoms with van der Waals surface area (Å²) in [6, 6.07) is 12.2. The second-order valence-electron chi connectivity index (χ2n) is 8.19. The topological polar surface area (TPSA) is 62.2 Å². The van der Waals surface area contributed by atoms with E-state index < -0.39 is 11.5 Å². The van der Waals surface area contributed by atoms with Crippen LogP contribution in [0.1, 0.15) is 37.3 Å². The molecule has 5 nitrogen and oxygen atoms in total. The van der Waals surface area contributed by atoms with Crippen LogP contribution in [0.5, 0.6) is 11.5 Å². The first-order valence-corrected chi connectivity index (χ1v) is 10.5. The minimum absolute atomic E-state index is 0.0108. The molecule has 1 saturated heterocycles. The van der Waals surface area contributed by atoms with Crippen molar-refractivity contribution in [2.24, 2.45) is 5.41 Å². The predicted molar refractivity (Wildman–Crippen MR) is 114 cm³/mol. The second-order valence-corrected chi connectivity index (χ2v) is 8.19. The van der Waals surface area contributed by atoms with Gasteiger partial charge >= 0.3 is 0 Å². The normalized spacial score (nSPS) is 22.1. The third-order valence-corrected chi connectivity index (χ3v) is 5.94. The Morgan fingerprint density at radius 2 is 2.00 bits per heavy atom. The Morgan fingerprint density at radius 1 is 1.17 bits per heavy atom. The zero-order valence-corrected chi connectivity index (χ0v) is 17.8. The maximum atomic E-state index is 13.4. The first-order chi connectivity index (χ1) is 14.5. The van der Waals surface area contributed by atoms with Gasteiger partial charge in [0, 0.05) is 25.0 Å². The van der Waals surface area contributed by atoms with Crippen LogP contribution in [-0.2, 0) is 13.2 Å². The Hall–Kier alpha value is -2.15. The predicted octanol–water partition coefficient (Wildman–Crippen LogP) is 3.76. The van der Waals surface area contributed by atoms with E-state index in [0.717, 1.165) is 30.5 Å². The molecule has 3 rings (SSSR count). The number of hydrogen-bond acceptors (Lipinski definition) is 5. The molecule has 0 saturated carbocycles. The van der Waals surface area contributed by atoms with Crippen molar-refractivity contribution in [3.63, 3.8) is 0 Å². The van der Waals surface area contributed by atoms with Gasteiger partial charge in [-0.1, -0.05) is 31.5 Å². The van der Waals surface area contributed by atoms with Gasteiger partial charge in [0.2, 0.25) is 0 Å². The lowest BCUT2D eigenvalue weighted by Gasteiger charge is -2.45. The average Bonchev–Trinajstić information content (AvgIpc) is 2.75. The molecule has 164 valence electrons. The van der Waals surface area contributed by atoms with Crippen molar-refractivity contribution in [1.82, 2.24) is 4.90 Å². The quantitative estimate of drug-likeness (QED) is 0.651. The number of aliphatic hydroxyl groups excluding tert-OH is 2. The molecule has 0 radical (unpaired) electrons. The summed E-state index contributed by atoms with van der Waals surface area (Å²) in [6.07, 6.45) is 1.90. The Bertz CT molecular complexity index is 831. The Kier molecular flexibility index (Phi) is 7.69. The standard InChI is InChI=1S/C24H32FNO4/c1-3-10-24(17-27)16-26(11-9-23(24)28)14-18-7-8-21(29-2)22(13-18)30-15-19-5-4-6-20(25)12-19/h4-8,12-13,23,27-28H,3,9-11,14-17H2,1-2H3/t23-,24+/m1/s1. The fourth-order valence-corrected chi connectivity index (χ4v) is 4.33. The number of methoxy groups -OCH3 is 1. The van der Waals surface area contributed by atoms with E-state index in [1.54, 1.807) is 13.2 Å². The molecule has 0 amide bonds.